The topological polar surface area (TPSA) is 69.7 Å². The van der Waals surface area contributed by atoms with Crippen molar-refractivity contribution >= 4 is 25.7 Å². The lowest BCUT2D eigenvalue weighted by Crippen LogP contribution is -2.15. The van der Waals surface area contributed by atoms with Crippen LogP contribution in [0.25, 0.3) is 0 Å². The monoisotopic (exact) mass is 328 g/mol. The second kappa shape index (κ2) is 6.96. The third-order valence-electron chi connectivity index (χ3n) is 2.19. The van der Waals surface area contributed by atoms with E-state index in [2.05, 4.69) is 4.74 Å². The molecule has 20 heavy (non-hydrogen) atoms. The predicted octanol–water partition coefficient (Wildman–Crippen LogP) is 2.09. The standard InChI is InChI=1S/C11H11ClF2O5S/c1-2-18-5-6-19-11(15)9-7(13)3-4-8(10(9)14)20(12,16)17/h3-4H,2,5-6H2,1H3. The molecule has 0 N–H and O–H groups in total. The average Bonchev–Trinajstić information content (AvgIpc) is 2.33. The van der Waals surface area contributed by atoms with E-state index in [0.717, 1.165) is 0 Å². The summed E-state index contributed by atoms with van der Waals surface area (Å²) in [7, 11) is 0.539. The Labute approximate surface area is 118 Å². The van der Waals surface area contributed by atoms with Gasteiger partial charge in [0, 0.05) is 17.3 Å². The van der Waals surface area contributed by atoms with Crippen LogP contribution in [0, 0.1) is 11.6 Å². The third-order valence-corrected chi connectivity index (χ3v) is 3.53. The van der Waals surface area contributed by atoms with Crippen LogP contribution in [-0.4, -0.2) is 34.2 Å². The van der Waals surface area contributed by atoms with Gasteiger partial charge < -0.3 is 9.47 Å². The number of halogens is 3. The lowest BCUT2D eigenvalue weighted by molar-refractivity contribution is 0.0325. The van der Waals surface area contributed by atoms with Gasteiger partial charge >= 0.3 is 5.97 Å². The minimum absolute atomic E-state index is 0.0545. The molecule has 9 heteroatoms. The zero-order valence-electron chi connectivity index (χ0n) is 10.4. The average molecular weight is 329 g/mol. The fourth-order valence-electron chi connectivity index (χ4n) is 1.32. The molecule has 0 aliphatic rings. The van der Waals surface area contributed by atoms with Gasteiger partial charge in [0.15, 0.2) is 5.82 Å². The number of carbonyl (C=O) groups excluding carboxylic acids is 1. The summed E-state index contributed by atoms with van der Waals surface area (Å²) in [5, 5.41) is 0. The molecule has 1 aromatic rings. The molecule has 1 rings (SSSR count). The molecular weight excluding hydrogens is 318 g/mol. The van der Waals surface area contributed by atoms with Gasteiger partial charge in [0.2, 0.25) is 0 Å². The largest absolute Gasteiger partial charge is 0.459 e. The Morgan fingerprint density at radius 3 is 2.50 bits per heavy atom. The van der Waals surface area contributed by atoms with E-state index < -0.39 is 37.1 Å². The van der Waals surface area contributed by atoms with E-state index in [1.807, 2.05) is 0 Å². The van der Waals surface area contributed by atoms with Crippen molar-refractivity contribution < 1.29 is 31.5 Å². The van der Waals surface area contributed by atoms with Crippen LogP contribution in [0.15, 0.2) is 17.0 Å². The van der Waals surface area contributed by atoms with Crippen molar-refractivity contribution in [2.45, 2.75) is 11.8 Å². The maximum Gasteiger partial charge on any atom is 0.344 e. The Morgan fingerprint density at radius 1 is 1.30 bits per heavy atom. The summed E-state index contributed by atoms with van der Waals surface area (Å²) < 4.78 is 58.8. The van der Waals surface area contributed by atoms with E-state index in [4.69, 9.17) is 15.4 Å². The van der Waals surface area contributed by atoms with Gasteiger partial charge in [-0.1, -0.05) is 0 Å². The summed E-state index contributed by atoms with van der Waals surface area (Å²) >= 11 is 0. The molecule has 0 spiro atoms. The van der Waals surface area contributed by atoms with Crippen LogP contribution in [0.4, 0.5) is 8.78 Å². The number of esters is 1. The van der Waals surface area contributed by atoms with Crippen LogP contribution < -0.4 is 0 Å². The molecule has 5 nitrogen and oxygen atoms in total. The first-order valence-corrected chi connectivity index (χ1v) is 7.77. The number of benzene rings is 1. The van der Waals surface area contributed by atoms with Gasteiger partial charge in [-0.2, -0.15) is 0 Å². The minimum Gasteiger partial charge on any atom is -0.459 e. The Bertz CT molecular complexity index is 603. The van der Waals surface area contributed by atoms with Gasteiger partial charge in [-0.25, -0.2) is 22.0 Å². The predicted molar refractivity (Wildman–Crippen MR) is 66.2 cm³/mol. The van der Waals surface area contributed by atoms with E-state index >= 15 is 0 Å². The van der Waals surface area contributed by atoms with Crippen molar-refractivity contribution in [2.75, 3.05) is 19.8 Å². The van der Waals surface area contributed by atoms with Crippen LogP contribution in [0.3, 0.4) is 0 Å². The van der Waals surface area contributed by atoms with E-state index in [9.17, 15) is 22.0 Å². The molecule has 0 heterocycles. The summed E-state index contributed by atoms with van der Waals surface area (Å²) in [5.41, 5.74) is -1.11. The van der Waals surface area contributed by atoms with Gasteiger partial charge in [0.05, 0.1) is 6.61 Å². The van der Waals surface area contributed by atoms with Crippen LogP contribution in [0.2, 0.25) is 0 Å². The highest BCUT2D eigenvalue weighted by atomic mass is 35.7. The zero-order chi connectivity index (χ0) is 15.3. The lowest BCUT2D eigenvalue weighted by atomic mass is 10.2. The summed E-state index contributed by atoms with van der Waals surface area (Å²) in [6, 6.07) is 1.25. The third kappa shape index (κ3) is 4.12. The molecule has 112 valence electrons. The van der Waals surface area contributed by atoms with Crippen LogP contribution in [-0.2, 0) is 18.5 Å². The maximum absolute atomic E-state index is 13.8. The number of ether oxygens (including phenoxy) is 2. The van der Waals surface area contributed by atoms with Crippen molar-refractivity contribution in [3.05, 3.63) is 29.3 Å². The van der Waals surface area contributed by atoms with Crippen molar-refractivity contribution in [1.82, 2.24) is 0 Å². The fraction of sp³-hybridized carbons (Fsp3) is 0.364. The quantitative estimate of drug-likeness (QED) is 0.454. The lowest BCUT2D eigenvalue weighted by Gasteiger charge is -2.08. The fourth-order valence-corrected chi connectivity index (χ4v) is 2.22. The van der Waals surface area contributed by atoms with E-state index in [0.29, 0.717) is 18.7 Å². The van der Waals surface area contributed by atoms with Crippen molar-refractivity contribution in [3.63, 3.8) is 0 Å². The molecule has 0 saturated carbocycles. The van der Waals surface area contributed by atoms with Gasteiger partial charge in [0.1, 0.15) is 22.9 Å². The van der Waals surface area contributed by atoms with Gasteiger partial charge in [-0.15, -0.1) is 0 Å². The van der Waals surface area contributed by atoms with Crippen molar-refractivity contribution in [2.24, 2.45) is 0 Å². The summed E-state index contributed by atoms with van der Waals surface area (Å²) in [5.74, 6) is -4.16. The summed E-state index contributed by atoms with van der Waals surface area (Å²) in [6.45, 7) is 1.94. The highest BCUT2D eigenvalue weighted by molar-refractivity contribution is 8.13. The molecule has 0 aliphatic heterocycles. The number of hydrogen-bond acceptors (Lipinski definition) is 5. The van der Waals surface area contributed by atoms with Crippen LogP contribution >= 0.6 is 10.7 Å². The molecule has 0 bridgehead atoms. The molecule has 0 amide bonds. The normalized spacial score (nSPS) is 11.4. The highest BCUT2D eigenvalue weighted by Crippen LogP contribution is 2.24. The smallest absolute Gasteiger partial charge is 0.344 e. The molecule has 0 aliphatic carbocycles. The summed E-state index contributed by atoms with van der Waals surface area (Å²) in [4.78, 5) is 10.5. The zero-order valence-corrected chi connectivity index (χ0v) is 11.9. The molecule has 0 unspecified atom stereocenters. The Hall–Kier alpha value is -1.25. The second-order valence-corrected chi connectivity index (χ2v) is 6.04. The van der Waals surface area contributed by atoms with Gasteiger partial charge in [-0.3, -0.25) is 0 Å². The Balaban J connectivity index is 3.03. The second-order valence-electron chi connectivity index (χ2n) is 3.51. The van der Waals surface area contributed by atoms with E-state index in [1.165, 1.54) is 0 Å². The Morgan fingerprint density at radius 2 is 1.95 bits per heavy atom. The van der Waals surface area contributed by atoms with Crippen LogP contribution in [0.1, 0.15) is 17.3 Å². The number of carbonyl (C=O) groups is 1. The number of rotatable bonds is 6. The minimum atomic E-state index is -4.44. The molecule has 0 aromatic heterocycles. The molecule has 0 radical (unpaired) electrons. The highest BCUT2D eigenvalue weighted by Gasteiger charge is 2.26. The molecule has 0 saturated heterocycles. The molecule has 1 aromatic carbocycles. The van der Waals surface area contributed by atoms with Gasteiger partial charge in [0.25, 0.3) is 9.05 Å². The summed E-state index contributed by atoms with van der Waals surface area (Å²) in [6.07, 6.45) is 0. The molecule has 0 fully saturated rings. The van der Waals surface area contributed by atoms with E-state index in [1.54, 1.807) is 6.92 Å². The SMILES string of the molecule is CCOCCOC(=O)c1c(F)ccc(S(=O)(=O)Cl)c1F. The molecular formula is C11H11ClF2O5S. The van der Waals surface area contributed by atoms with E-state index in [-0.39, 0.29) is 13.2 Å². The number of hydrogen-bond donors (Lipinski definition) is 0. The van der Waals surface area contributed by atoms with Crippen LogP contribution in [0.5, 0.6) is 0 Å². The first-order chi connectivity index (χ1) is 9.29. The van der Waals surface area contributed by atoms with Gasteiger partial charge in [-0.05, 0) is 19.1 Å². The Kier molecular flexibility index (Phi) is 5.85. The molecule has 0 atom stereocenters. The maximum atomic E-state index is 13.8. The first kappa shape index (κ1) is 16.8. The van der Waals surface area contributed by atoms with Crippen molar-refractivity contribution in [3.8, 4) is 0 Å². The first-order valence-electron chi connectivity index (χ1n) is 5.46. The van der Waals surface area contributed by atoms with Crippen molar-refractivity contribution in [1.29, 1.82) is 0 Å².